The molecule has 1 saturated heterocycles. The van der Waals surface area contributed by atoms with Crippen LogP contribution >= 0.6 is 23.7 Å². The van der Waals surface area contributed by atoms with Crippen molar-refractivity contribution in [3.63, 3.8) is 0 Å². The number of rotatable bonds is 1. The number of benzene rings is 1. The SMILES string of the molecule is Cl.O=C(c1cc2c(s1)-c1ccccc1CC2)N1CCNCC1. The standard InChI is InChI=1S/C17H18N2OS.ClH/c20-17(19-9-7-18-8-10-19)15-11-13-6-5-12-3-1-2-4-14(12)16(13)21-15;/h1-4,11,18H,5-10H2;1H. The summed E-state index contributed by atoms with van der Waals surface area (Å²) in [7, 11) is 0. The third-order valence-corrected chi connectivity index (χ3v) is 5.55. The van der Waals surface area contributed by atoms with E-state index in [4.69, 9.17) is 0 Å². The zero-order valence-electron chi connectivity index (χ0n) is 12.3. The molecule has 0 spiro atoms. The van der Waals surface area contributed by atoms with E-state index in [1.165, 1.54) is 21.6 Å². The Hall–Kier alpha value is -1.36. The van der Waals surface area contributed by atoms with Crippen molar-refractivity contribution in [3.05, 3.63) is 46.3 Å². The fourth-order valence-electron chi connectivity index (χ4n) is 3.20. The Balaban J connectivity index is 0.00000144. The van der Waals surface area contributed by atoms with Crippen LogP contribution < -0.4 is 5.32 Å². The molecular formula is C17H19ClN2OS. The van der Waals surface area contributed by atoms with E-state index in [2.05, 4.69) is 35.6 Å². The van der Waals surface area contributed by atoms with E-state index in [1.54, 1.807) is 11.3 Å². The summed E-state index contributed by atoms with van der Waals surface area (Å²) in [6.45, 7) is 3.44. The summed E-state index contributed by atoms with van der Waals surface area (Å²) in [5.41, 5.74) is 4.08. The number of piperazine rings is 1. The van der Waals surface area contributed by atoms with E-state index < -0.39 is 0 Å². The van der Waals surface area contributed by atoms with Crippen molar-refractivity contribution in [2.45, 2.75) is 12.8 Å². The molecule has 1 aliphatic carbocycles. The minimum atomic E-state index is 0. The van der Waals surface area contributed by atoms with E-state index in [0.717, 1.165) is 43.9 Å². The molecule has 0 atom stereocenters. The number of thiophene rings is 1. The second kappa shape index (κ2) is 6.41. The predicted octanol–water partition coefficient (Wildman–Crippen LogP) is 2.98. The molecule has 0 unspecified atom stereocenters. The van der Waals surface area contributed by atoms with E-state index >= 15 is 0 Å². The molecule has 0 saturated carbocycles. The lowest BCUT2D eigenvalue weighted by atomic mass is 9.91. The third-order valence-electron chi connectivity index (χ3n) is 4.35. The molecule has 1 aliphatic heterocycles. The summed E-state index contributed by atoms with van der Waals surface area (Å²) in [5.74, 6) is 0.202. The van der Waals surface area contributed by atoms with Crippen LogP contribution in [0.4, 0.5) is 0 Å². The highest BCUT2D eigenvalue weighted by Crippen LogP contribution is 2.39. The largest absolute Gasteiger partial charge is 0.335 e. The zero-order valence-corrected chi connectivity index (χ0v) is 13.9. The second-order valence-corrected chi connectivity index (χ2v) is 6.72. The summed E-state index contributed by atoms with van der Waals surface area (Å²) in [4.78, 5) is 16.8. The van der Waals surface area contributed by atoms with Gasteiger partial charge in [0, 0.05) is 31.1 Å². The minimum absolute atomic E-state index is 0. The van der Waals surface area contributed by atoms with Crippen molar-refractivity contribution in [2.24, 2.45) is 0 Å². The summed E-state index contributed by atoms with van der Waals surface area (Å²) < 4.78 is 0. The molecule has 1 aromatic carbocycles. The number of halogens is 1. The van der Waals surface area contributed by atoms with Crippen molar-refractivity contribution < 1.29 is 4.79 Å². The molecule has 0 radical (unpaired) electrons. The van der Waals surface area contributed by atoms with E-state index in [9.17, 15) is 4.79 Å². The number of nitrogens with one attached hydrogen (secondary N) is 1. The number of fused-ring (bicyclic) bond motifs is 3. The van der Waals surface area contributed by atoms with Gasteiger partial charge < -0.3 is 10.2 Å². The average molecular weight is 335 g/mol. The first kappa shape index (κ1) is 15.5. The van der Waals surface area contributed by atoms with Gasteiger partial charge in [0.15, 0.2) is 0 Å². The lowest BCUT2D eigenvalue weighted by molar-refractivity contribution is 0.0740. The molecule has 1 amide bonds. The van der Waals surface area contributed by atoms with Gasteiger partial charge in [0.25, 0.3) is 5.91 Å². The van der Waals surface area contributed by atoms with Crippen LogP contribution in [0.1, 0.15) is 20.8 Å². The van der Waals surface area contributed by atoms with Gasteiger partial charge in [0.2, 0.25) is 0 Å². The van der Waals surface area contributed by atoms with Crippen molar-refractivity contribution in [3.8, 4) is 10.4 Å². The second-order valence-electron chi connectivity index (χ2n) is 5.66. The molecule has 1 aromatic heterocycles. The number of carbonyl (C=O) groups is 1. The number of amides is 1. The summed E-state index contributed by atoms with van der Waals surface area (Å²) in [5, 5.41) is 3.29. The molecular weight excluding hydrogens is 316 g/mol. The Morgan fingerprint density at radius 3 is 2.64 bits per heavy atom. The van der Waals surface area contributed by atoms with Crippen molar-refractivity contribution in [1.82, 2.24) is 10.2 Å². The molecule has 22 heavy (non-hydrogen) atoms. The molecule has 116 valence electrons. The molecule has 4 rings (SSSR count). The molecule has 0 bridgehead atoms. The molecule has 1 N–H and O–H groups in total. The van der Waals surface area contributed by atoms with Crippen LogP contribution in [0.2, 0.25) is 0 Å². The maximum absolute atomic E-state index is 12.6. The van der Waals surface area contributed by atoms with Crippen LogP contribution in [0, 0.1) is 0 Å². The molecule has 1 fully saturated rings. The van der Waals surface area contributed by atoms with Gasteiger partial charge in [-0.1, -0.05) is 24.3 Å². The third kappa shape index (κ3) is 2.67. The van der Waals surface area contributed by atoms with Gasteiger partial charge in [-0.15, -0.1) is 23.7 Å². The maximum Gasteiger partial charge on any atom is 0.264 e. The molecule has 5 heteroatoms. The van der Waals surface area contributed by atoms with E-state index in [0.29, 0.717) is 0 Å². The minimum Gasteiger partial charge on any atom is -0.335 e. The monoisotopic (exact) mass is 334 g/mol. The summed E-state index contributed by atoms with van der Waals surface area (Å²) >= 11 is 1.67. The predicted molar refractivity (Wildman–Crippen MR) is 93.2 cm³/mol. The number of hydrogen-bond donors (Lipinski definition) is 1. The Kier molecular flexibility index (Phi) is 4.52. The van der Waals surface area contributed by atoms with Gasteiger partial charge in [-0.3, -0.25) is 4.79 Å². The number of hydrogen-bond acceptors (Lipinski definition) is 3. The van der Waals surface area contributed by atoms with Crippen molar-refractivity contribution in [1.29, 1.82) is 0 Å². The Bertz CT molecular complexity index is 692. The highest BCUT2D eigenvalue weighted by Gasteiger charge is 2.24. The zero-order chi connectivity index (χ0) is 14.2. The maximum atomic E-state index is 12.6. The Labute approximate surface area is 140 Å². The highest BCUT2D eigenvalue weighted by atomic mass is 35.5. The molecule has 2 aromatic rings. The Morgan fingerprint density at radius 1 is 1.09 bits per heavy atom. The fraction of sp³-hybridized carbons (Fsp3) is 0.353. The fourth-order valence-corrected chi connectivity index (χ4v) is 4.44. The lowest BCUT2D eigenvalue weighted by Gasteiger charge is -2.26. The van der Waals surface area contributed by atoms with Crippen LogP contribution in [0.3, 0.4) is 0 Å². The van der Waals surface area contributed by atoms with Gasteiger partial charge in [0.1, 0.15) is 0 Å². The first-order chi connectivity index (χ1) is 10.3. The number of aryl methyl sites for hydroxylation is 2. The van der Waals surface area contributed by atoms with Gasteiger partial charge in [-0.05, 0) is 35.6 Å². The van der Waals surface area contributed by atoms with Crippen LogP contribution in [-0.2, 0) is 12.8 Å². The van der Waals surface area contributed by atoms with E-state index in [-0.39, 0.29) is 18.3 Å². The van der Waals surface area contributed by atoms with Crippen LogP contribution in [0.5, 0.6) is 0 Å². The van der Waals surface area contributed by atoms with Crippen LogP contribution in [0.15, 0.2) is 30.3 Å². The first-order valence-corrected chi connectivity index (χ1v) is 8.35. The molecule has 2 heterocycles. The van der Waals surface area contributed by atoms with Crippen molar-refractivity contribution in [2.75, 3.05) is 26.2 Å². The van der Waals surface area contributed by atoms with Gasteiger partial charge >= 0.3 is 0 Å². The summed E-state index contributed by atoms with van der Waals surface area (Å²) in [6, 6.07) is 10.7. The number of nitrogens with zero attached hydrogens (tertiary/aromatic N) is 1. The topological polar surface area (TPSA) is 32.3 Å². The molecule has 2 aliphatic rings. The van der Waals surface area contributed by atoms with Crippen molar-refractivity contribution >= 4 is 29.7 Å². The van der Waals surface area contributed by atoms with Gasteiger partial charge in [-0.2, -0.15) is 0 Å². The van der Waals surface area contributed by atoms with Gasteiger partial charge in [-0.25, -0.2) is 0 Å². The first-order valence-electron chi connectivity index (χ1n) is 7.54. The van der Waals surface area contributed by atoms with Crippen LogP contribution in [-0.4, -0.2) is 37.0 Å². The molecule has 3 nitrogen and oxygen atoms in total. The number of carbonyl (C=O) groups excluding carboxylic acids is 1. The Morgan fingerprint density at radius 2 is 1.82 bits per heavy atom. The summed E-state index contributed by atoms with van der Waals surface area (Å²) in [6.07, 6.45) is 2.14. The normalized spacial score (nSPS) is 16.5. The van der Waals surface area contributed by atoms with Crippen LogP contribution in [0.25, 0.3) is 10.4 Å². The smallest absolute Gasteiger partial charge is 0.264 e. The van der Waals surface area contributed by atoms with Gasteiger partial charge in [0.05, 0.1) is 4.88 Å². The lowest BCUT2D eigenvalue weighted by Crippen LogP contribution is -2.46. The average Bonchev–Trinajstić information content (AvgIpc) is 2.99. The highest BCUT2D eigenvalue weighted by molar-refractivity contribution is 7.17. The van der Waals surface area contributed by atoms with E-state index in [1.807, 2.05) is 4.90 Å². The quantitative estimate of drug-likeness (QED) is 0.869.